The Hall–Kier alpha value is -1.89. The maximum absolute atomic E-state index is 11.9. The van der Waals surface area contributed by atoms with Crippen LogP contribution in [0.4, 0.5) is 0 Å². The average Bonchev–Trinajstić information content (AvgIpc) is 2.53. The van der Waals surface area contributed by atoms with Gasteiger partial charge in [0.1, 0.15) is 24.7 Å². The van der Waals surface area contributed by atoms with Gasteiger partial charge in [-0.3, -0.25) is 19.2 Å². The molecule has 0 aromatic carbocycles. The molecule has 0 heterocycles. The summed E-state index contributed by atoms with van der Waals surface area (Å²) in [5, 5.41) is 32.7. The van der Waals surface area contributed by atoms with Gasteiger partial charge in [0.05, 0.1) is 13.2 Å². The van der Waals surface area contributed by atoms with Crippen molar-refractivity contribution >= 4 is 36.3 Å². The van der Waals surface area contributed by atoms with Crippen molar-refractivity contribution in [1.82, 2.24) is 16.0 Å². The monoisotopic (exact) mass is 352 g/mol. The molecule has 0 bridgehead atoms. The van der Waals surface area contributed by atoms with Crippen molar-refractivity contribution in [1.29, 1.82) is 0 Å². The highest BCUT2D eigenvalue weighted by atomic mass is 32.1. The number of carboxylic acids is 1. The summed E-state index contributed by atoms with van der Waals surface area (Å²) in [5.74, 6) is -3.94. The van der Waals surface area contributed by atoms with Crippen LogP contribution in [0, 0.1) is 0 Å². The third-order valence-electron chi connectivity index (χ3n) is 2.58. The second kappa shape index (κ2) is 10.8. The molecule has 0 aromatic rings. The second-order valence-corrected chi connectivity index (χ2v) is 4.75. The van der Waals surface area contributed by atoms with Crippen LogP contribution in [0.1, 0.15) is 0 Å². The molecule has 0 aliphatic heterocycles. The second-order valence-electron chi connectivity index (χ2n) is 4.39. The first-order valence-corrected chi connectivity index (χ1v) is 7.08. The largest absolute Gasteiger partial charge is 0.480 e. The van der Waals surface area contributed by atoms with E-state index >= 15 is 0 Å². The number of carbonyl (C=O) groups excluding carboxylic acids is 3. The highest BCUT2D eigenvalue weighted by Crippen LogP contribution is 1.93. The number of hydrogen-bond donors (Lipinski definition) is 8. The molecule has 0 fully saturated rings. The molecule has 12 heteroatoms. The van der Waals surface area contributed by atoms with E-state index in [0.717, 1.165) is 0 Å². The average molecular weight is 352 g/mol. The van der Waals surface area contributed by atoms with Crippen molar-refractivity contribution < 1.29 is 34.5 Å². The normalized spacial score (nSPS) is 14.3. The van der Waals surface area contributed by atoms with Gasteiger partial charge in [-0.2, -0.15) is 12.6 Å². The summed E-state index contributed by atoms with van der Waals surface area (Å²) in [6, 6.07) is -3.83. The third kappa shape index (κ3) is 7.78. The van der Waals surface area contributed by atoms with Crippen LogP contribution in [0.5, 0.6) is 0 Å². The minimum atomic E-state index is -1.39. The van der Waals surface area contributed by atoms with E-state index in [1.807, 2.05) is 0 Å². The molecule has 0 aliphatic carbocycles. The highest BCUT2D eigenvalue weighted by molar-refractivity contribution is 7.80. The maximum Gasteiger partial charge on any atom is 0.322 e. The quantitative estimate of drug-likeness (QED) is 0.180. The summed E-state index contributed by atoms with van der Waals surface area (Å²) < 4.78 is 0. The van der Waals surface area contributed by atoms with Gasteiger partial charge in [0.25, 0.3) is 0 Å². The molecule has 3 atom stereocenters. The number of nitrogens with one attached hydrogen (secondary N) is 3. The van der Waals surface area contributed by atoms with Gasteiger partial charge in [-0.25, -0.2) is 0 Å². The predicted octanol–water partition coefficient (Wildman–Crippen LogP) is -4.60. The molecule has 0 saturated heterocycles. The van der Waals surface area contributed by atoms with Crippen molar-refractivity contribution in [2.75, 3.05) is 25.5 Å². The zero-order valence-corrected chi connectivity index (χ0v) is 13.0. The molecule has 3 amide bonds. The highest BCUT2D eigenvalue weighted by Gasteiger charge is 2.27. The summed E-state index contributed by atoms with van der Waals surface area (Å²) in [7, 11) is 0. The van der Waals surface area contributed by atoms with Crippen LogP contribution in [0.2, 0.25) is 0 Å². The minimum absolute atomic E-state index is 0.139. The molecule has 0 spiro atoms. The standard InChI is InChI=1S/C11H20N4O7S/c12-5(2-16)9(20)14-6(3-17)11(22)15-7(4-23)10(21)13-1-8(18)19/h5-7,16-17,23H,1-4,12H2,(H,13,21)(H,14,20)(H,15,22)(H,18,19). The van der Waals surface area contributed by atoms with E-state index in [1.54, 1.807) is 0 Å². The van der Waals surface area contributed by atoms with Crippen molar-refractivity contribution in [2.45, 2.75) is 18.1 Å². The Bertz CT molecular complexity index is 448. The van der Waals surface area contributed by atoms with Gasteiger partial charge in [0.15, 0.2) is 0 Å². The van der Waals surface area contributed by atoms with E-state index in [-0.39, 0.29) is 5.75 Å². The molecule has 3 unspecified atom stereocenters. The van der Waals surface area contributed by atoms with Crippen LogP contribution in [0.3, 0.4) is 0 Å². The van der Waals surface area contributed by atoms with E-state index in [4.69, 9.17) is 21.1 Å². The smallest absolute Gasteiger partial charge is 0.322 e. The summed E-state index contributed by atoms with van der Waals surface area (Å²) in [6.07, 6.45) is 0. The van der Waals surface area contributed by atoms with Gasteiger partial charge in [0.2, 0.25) is 17.7 Å². The lowest BCUT2D eigenvalue weighted by Gasteiger charge is -2.21. The first-order valence-electron chi connectivity index (χ1n) is 6.45. The van der Waals surface area contributed by atoms with E-state index < -0.39 is 61.6 Å². The van der Waals surface area contributed by atoms with Crippen molar-refractivity contribution in [3.05, 3.63) is 0 Å². The molecule has 0 saturated carbocycles. The van der Waals surface area contributed by atoms with Crippen LogP contribution in [-0.2, 0) is 19.2 Å². The molecule has 0 radical (unpaired) electrons. The van der Waals surface area contributed by atoms with Gasteiger partial charge < -0.3 is 37.0 Å². The molecule has 23 heavy (non-hydrogen) atoms. The topological polar surface area (TPSA) is 191 Å². The predicted molar refractivity (Wildman–Crippen MR) is 80.5 cm³/mol. The Balaban J connectivity index is 4.67. The van der Waals surface area contributed by atoms with E-state index in [0.29, 0.717) is 0 Å². The van der Waals surface area contributed by atoms with Crippen molar-refractivity contribution in [3.8, 4) is 0 Å². The fourth-order valence-corrected chi connectivity index (χ4v) is 1.57. The van der Waals surface area contributed by atoms with Crippen LogP contribution >= 0.6 is 12.6 Å². The zero-order chi connectivity index (χ0) is 18.0. The van der Waals surface area contributed by atoms with E-state index in [2.05, 4.69) is 28.6 Å². The van der Waals surface area contributed by atoms with Crippen LogP contribution in [-0.4, -0.2) is 82.6 Å². The Kier molecular flexibility index (Phi) is 9.89. The lowest BCUT2D eigenvalue weighted by atomic mass is 10.2. The number of carbonyl (C=O) groups is 4. The SMILES string of the molecule is NC(CO)C(=O)NC(CO)C(=O)NC(CS)C(=O)NCC(=O)O. The molecular formula is C11H20N4O7S. The fourth-order valence-electron chi connectivity index (χ4n) is 1.31. The Morgan fingerprint density at radius 2 is 1.52 bits per heavy atom. The Morgan fingerprint density at radius 3 is 1.96 bits per heavy atom. The lowest BCUT2D eigenvalue weighted by Crippen LogP contribution is -2.58. The van der Waals surface area contributed by atoms with Crippen LogP contribution < -0.4 is 21.7 Å². The van der Waals surface area contributed by atoms with Gasteiger partial charge >= 0.3 is 5.97 Å². The summed E-state index contributed by atoms with van der Waals surface area (Å²) >= 11 is 3.86. The number of amides is 3. The number of aliphatic hydroxyl groups excluding tert-OH is 2. The summed E-state index contributed by atoms with van der Waals surface area (Å²) in [6.45, 7) is -2.06. The van der Waals surface area contributed by atoms with Gasteiger partial charge in [-0.1, -0.05) is 0 Å². The first-order chi connectivity index (χ1) is 10.8. The number of aliphatic carboxylic acids is 1. The van der Waals surface area contributed by atoms with Crippen LogP contribution in [0.15, 0.2) is 0 Å². The van der Waals surface area contributed by atoms with Gasteiger partial charge in [0, 0.05) is 5.75 Å². The molecule has 11 nitrogen and oxygen atoms in total. The van der Waals surface area contributed by atoms with Gasteiger partial charge in [-0.05, 0) is 0 Å². The van der Waals surface area contributed by atoms with Crippen molar-refractivity contribution in [3.63, 3.8) is 0 Å². The minimum Gasteiger partial charge on any atom is -0.480 e. The molecule has 132 valence electrons. The first kappa shape index (κ1) is 21.1. The number of rotatable bonds is 10. The number of aliphatic hydroxyl groups is 2. The van der Waals surface area contributed by atoms with Crippen LogP contribution in [0.25, 0.3) is 0 Å². The lowest BCUT2D eigenvalue weighted by molar-refractivity contribution is -0.138. The van der Waals surface area contributed by atoms with E-state index in [9.17, 15) is 19.2 Å². The van der Waals surface area contributed by atoms with Gasteiger partial charge in [-0.15, -0.1) is 0 Å². The molecule has 0 aromatic heterocycles. The number of thiol groups is 1. The zero-order valence-electron chi connectivity index (χ0n) is 12.1. The Morgan fingerprint density at radius 1 is 0.957 bits per heavy atom. The summed E-state index contributed by atoms with van der Waals surface area (Å²) in [4.78, 5) is 45.4. The number of hydrogen-bond acceptors (Lipinski definition) is 8. The number of carboxylic acid groups (broad SMARTS) is 1. The maximum atomic E-state index is 11.9. The number of nitrogens with two attached hydrogens (primary N) is 1. The third-order valence-corrected chi connectivity index (χ3v) is 2.94. The van der Waals surface area contributed by atoms with E-state index in [1.165, 1.54) is 0 Å². The Labute approximate surface area is 137 Å². The van der Waals surface area contributed by atoms with Crippen molar-refractivity contribution in [2.24, 2.45) is 5.73 Å². The molecule has 0 aliphatic rings. The summed E-state index contributed by atoms with van der Waals surface area (Å²) in [5.41, 5.74) is 5.26. The molecule has 0 rings (SSSR count). The molecular weight excluding hydrogens is 332 g/mol. The molecule has 8 N–H and O–H groups in total. The fraction of sp³-hybridized carbons (Fsp3) is 0.636.